The van der Waals surface area contributed by atoms with Crippen molar-refractivity contribution in [3.63, 3.8) is 0 Å². The molecule has 3 saturated heterocycles. The third kappa shape index (κ3) is 4.84. The van der Waals surface area contributed by atoms with Crippen LogP contribution < -0.4 is 9.80 Å². The summed E-state index contributed by atoms with van der Waals surface area (Å²) in [4.78, 5) is 32.3. The summed E-state index contributed by atoms with van der Waals surface area (Å²) in [5.74, 6) is 0.175. The van der Waals surface area contributed by atoms with E-state index in [2.05, 4.69) is 14.7 Å². The molecule has 3 fully saturated rings. The second kappa shape index (κ2) is 9.61. The molecule has 4 rings (SSSR count). The van der Waals surface area contributed by atoms with Gasteiger partial charge < -0.3 is 19.4 Å². The molecule has 0 N–H and O–H groups in total. The van der Waals surface area contributed by atoms with Gasteiger partial charge in [0.05, 0.1) is 24.7 Å². The molecule has 164 valence electrons. The Morgan fingerprint density at radius 3 is 2.30 bits per heavy atom. The van der Waals surface area contributed by atoms with Crippen LogP contribution in [0.5, 0.6) is 0 Å². The maximum Gasteiger partial charge on any atom is 0.292 e. The minimum absolute atomic E-state index is 0.175. The molecule has 0 bridgehead atoms. The third-order valence-electron chi connectivity index (χ3n) is 6.31. The van der Waals surface area contributed by atoms with E-state index in [0.29, 0.717) is 32.8 Å². The first-order valence-electron chi connectivity index (χ1n) is 11.0. The number of carbonyl (C=O) groups excluding carboxylic acids is 1. The van der Waals surface area contributed by atoms with E-state index in [0.717, 1.165) is 63.5 Å². The molecule has 0 aliphatic carbocycles. The number of anilines is 2. The lowest BCUT2D eigenvalue weighted by atomic mass is 10.1. The predicted molar refractivity (Wildman–Crippen MR) is 115 cm³/mol. The van der Waals surface area contributed by atoms with Crippen LogP contribution in [0.3, 0.4) is 0 Å². The number of amides is 1. The molecule has 30 heavy (non-hydrogen) atoms. The molecule has 9 heteroatoms. The molecule has 3 aliphatic rings. The molecule has 3 heterocycles. The number of rotatable bonds is 5. The first-order valence-corrected chi connectivity index (χ1v) is 11.0. The van der Waals surface area contributed by atoms with E-state index < -0.39 is 0 Å². The van der Waals surface area contributed by atoms with Gasteiger partial charge in [-0.1, -0.05) is 0 Å². The average Bonchev–Trinajstić information content (AvgIpc) is 2.80. The van der Waals surface area contributed by atoms with Gasteiger partial charge in [-0.3, -0.25) is 19.8 Å². The maximum atomic E-state index is 12.5. The number of benzene rings is 1. The average molecular weight is 418 g/mol. The van der Waals surface area contributed by atoms with Crippen molar-refractivity contribution in [2.45, 2.75) is 19.3 Å². The SMILES string of the molecule is O=C(CN1CCN(c2ccc([N+](=O)[O-])c(N3CCCCC3)c2)CC1)N1CCOCC1. The Labute approximate surface area is 177 Å². The van der Waals surface area contributed by atoms with Crippen LogP contribution in [0, 0.1) is 10.1 Å². The number of hydrogen-bond acceptors (Lipinski definition) is 7. The zero-order chi connectivity index (χ0) is 20.9. The van der Waals surface area contributed by atoms with Crippen LogP contribution in [-0.4, -0.2) is 92.7 Å². The largest absolute Gasteiger partial charge is 0.378 e. The lowest BCUT2D eigenvalue weighted by Gasteiger charge is -2.37. The Balaban J connectivity index is 1.38. The van der Waals surface area contributed by atoms with Crippen LogP contribution >= 0.6 is 0 Å². The fourth-order valence-corrected chi connectivity index (χ4v) is 4.52. The Morgan fingerprint density at radius 1 is 0.933 bits per heavy atom. The lowest BCUT2D eigenvalue weighted by Crippen LogP contribution is -2.51. The smallest absolute Gasteiger partial charge is 0.292 e. The van der Waals surface area contributed by atoms with E-state index in [1.807, 2.05) is 17.0 Å². The molecule has 3 aliphatic heterocycles. The molecular weight excluding hydrogens is 386 g/mol. The highest BCUT2D eigenvalue weighted by molar-refractivity contribution is 5.78. The molecule has 0 atom stereocenters. The van der Waals surface area contributed by atoms with Crippen LogP contribution in [-0.2, 0) is 9.53 Å². The van der Waals surface area contributed by atoms with Gasteiger partial charge in [0.1, 0.15) is 5.69 Å². The van der Waals surface area contributed by atoms with Crippen molar-refractivity contribution in [1.82, 2.24) is 9.80 Å². The number of nitro groups is 1. The molecule has 0 aromatic heterocycles. The van der Waals surface area contributed by atoms with Gasteiger partial charge in [0.25, 0.3) is 5.69 Å². The Morgan fingerprint density at radius 2 is 1.63 bits per heavy atom. The van der Waals surface area contributed by atoms with E-state index in [4.69, 9.17) is 4.74 Å². The number of piperidine rings is 1. The summed E-state index contributed by atoms with van der Waals surface area (Å²) in [6.45, 7) is 8.07. The molecule has 0 saturated carbocycles. The van der Waals surface area contributed by atoms with E-state index in [9.17, 15) is 14.9 Å². The predicted octanol–water partition coefficient (Wildman–Crippen LogP) is 1.57. The number of nitrogens with zero attached hydrogens (tertiary/aromatic N) is 5. The van der Waals surface area contributed by atoms with Crippen molar-refractivity contribution in [2.75, 3.05) is 81.9 Å². The van der Waals surface area contributed by atoms with Gasteiger partial charge in [-0.15, -0.1) is 0 Å². The van der Waals surface area contributed by atoms with Crippen LogP contribution in [0.15, 0.2) is 18.2 Å². The summed E-state index contributed by atoms with van der Waals surface area (Å²) in [6.07, 6.45) is 3.35. The van der Waals surface area contributed by atoms with Crippen LogP contribution in [0.25, 0.3) is 0 Å². The minimum atomic E-state index is -0.275. The summed E-state index contributed by atoms with van der Waals surface area (Å²) < 4.78 is 5.32. The van der Waals surface area contributed by atoms with E-state index in [1.54, 1.807) is 6.07 Å². The van der Waals surface area contributed by atoms with E-state index in [-0.39, 0.29) is 16.5 Å². The molecule has 9 nitrogen and oxygen atoms in total. The summed E-state index contributed by atoms with van der Waals surface area (Å²) in [5, 5.41) is 11.5. The molecule has 0 spiro atoms. The van der Waals surface area contributed by atoms with Gasteiger partial charge in [0.2, 0.25) is 5.91 Å². The topological polar surface area (TPSA) is 82.4 Å². The van der Waals surface area contributed by atoms with Gasteiger partial charge in [0.15, 0.2) is 0 Å². The number of morpholine rings is 1. The van der Waals surface area contributed by atoms with E-state index in [1.165, 1.54) is 6.42 Å². The van der Waals surface area contributed by atoms with Gasteiger partial charge in [-0.25, -0.2) is 0 Å². The molecule has 0 unspecified atom stereocenters. The molecule has 1 aromatic carbocycles. The van der Waals surface area contributed by atoms with Gasteiger partial charge in [-0.2, -0.15) is 0 Å². The van der Waals surface area contributed by atoms with Gasteiger partial charge in [-0.05, 0) is 31.4 Å². The highest BCUT2D eigenvalue weighted by atomic mass is 16.6. The highest BCUT2D eigenvalue weighted by Gasteiger charge is 2.26. The second-order valence-electron chi connectivity index (χ2n) is 8.23. The molecule has 1 aromatic rings. The van der Waals surface area contributed by atoms with Crippen LogP contribution in [0.2, 0.25) is 0 Å². The maximum absolute atomic E-state index is 12.5. The lowest BCUT2D eigenvalue weighted by molar-refractivity contribution is -0.384. The Bertz CT molecular complexity index is 754. The van der Waals surface area contributed by atoms with Crippen LogP contribution in [0.4, 0.5) is 17.1 Å². The van der Waals surface area contributed by atoms with Crippen molar-refractivity contribution in [2.24, 2.45) is 0 Å². The first kappa shape index (κ1) is 20.9. The quantitative estimate of drug-likeness (QED) is 0.531. The van der Waals surface area contributed by atoms with Gasteiger partial charge in [0, 0.05) is 64.1 Å². The standard InChI is InChI=1S/C21H31N5O4/c27-21(25-12-14-30-15-13-25)17-22-8-10-23(11-9-22)18-4-5-19(26(28)29)20(16-18)24-6-2-1-3-7-24/h4-5,16H,1-3,6-15,17H2. The second-order valence-corrected chi connectivity index (χ2v) is 8.23. The Hall–Kier alpha value is -2.39. The number of piperazine rings is 1. The fourth-order valence-electron chi connectivity index (χ4n) is 4.52. The number of carbonyl (C=O) groups is 1. The first-order chi connectivity index (χ1) is 14.6. The summed E-state index contributed by atoms with van der Waals surface area (Å²) in [7, 11) is 0. The third-order valence-corrected chi connectivity index (χ3v) is 6.31. The fraction of sp³-hybridized carbons (Fsp3) is 0.667. The van der Waals surface area contributed by atoms with Crippen molar-refractivity contribution in [3.8, 4) is 0 Å². The minimum Gasteiger partial charge on any atom is -0.378 e. The van der Waals surface area contributed by atoms with Crippen molar-refractivity contribution < 1.29 is 14.5 Å². The van der Waals surface area contributed by atoms with E-state index >= 15 is 0 Å². The number of ether oxygens (including phenoxy) is 1. The summed E-state index contributed by atoms with van der Waals surface area (Å²) in [6, 6.07) is 5.49. The van der Waals surface area contributed by atoms with Crippen molar-refractivity contribution in [1.29, 1.82) is 0 Å². The monoisotopic (exact) mass is 417 g/mol. The zero-order valence-corrected chi connectivity index (χ0v) is 17.5. The molecule has 0 radical (unpaired) electrons. The van der Waals surface area contributed by atoms with Crippen molar-refractivity contribution >= 4 is 23.0 Å². The summed E-state index contributed by atoms with van der Waals surface area (Å²) in [5.41, 5.74) is 1.96. The van der Waals surface area contributed by atoms with Gasteiger partial charge >= 0.3 is 0 Å². The summed E-state index contributed by atoms with van der Waals surface area (Å²) >= 11 is 0. The highest BCUT2D eigenvalue weighted by Crippen LogP contribution is 2.34. The van der Waals surface area contributed by atoms with Crippen molar-refractivity contribution in [3.05, 3.63) is 28.3 Å². The Kier molecular flexibility index (Phi) is 6.69. The zero-order valence-electron chi connectivity index (χ0n) is 17.5. The normalized spacial score (nSPS) is 21.0. The number of hydrogen-bond donors (Lipinski definition) is 0. The molecule has 1 amide bonds. The van der Waals surface area contributed by atoms with Crippen LogP contribution in [0.1, 0.15) is 19.3 Å². The number of nitro benzene ring substituents is 1. The molecular formula is C21H31N5O4.